The standard InChI is InChI=1S/C19H20Br2N2O2/c1-25-17-11-14(20)18(21)13(19(17)24)12-22-15-7-3-4-8-16(15)23-9-5-2-6-10-23/h3-4,7-8,11-12,24H,2,5-6,9-10H2,1H3. The maximum atomic E-state index is 10.4. The highest BCUT2D eigenvalue weighted by molar-refractivity contribution is 9.13. The Hall–Kier alpha value is -1.53. The second-order valence-corrected chi connectivity index (χ2v) is 7.58. The zero-order chi connectivity index (χ0) is 17.8. The highest BCUT2D eigenvalue weighted by Crippen LogP contribution is 2.40. The van der Waals surface area contributed by atoms with E-state index < -0.39 is 0 Å². The third-order valence-corrected chi connectivity index (χ3v) is 6.34. The van der Waals surface area contributed by atoms with E-state index in [9.17, 15) is 5.11 Å². The van der Waals surface area contributed by atoms with Crippen LogP contribution in [0.3, 0.4) is 0 Å². The zero-order valence-electron chi connectivity index (χ0n) is 14.0. The van der Waals surface area contributed by atoms with E-state index in [4.69, 9.17) is 4.74 Å². The first-order valence-corrected chi connectivity index (χ1v) is 9.83. The minimum atomic E-state index is 0.0665. The molecular weight excluding hydrogens is 448 g/mol. The summed E-state index contributed by atoms with van der Waals surface area (Å²) in [6.07, 6.45) is 5.40. The molecule has 1 N–H and O–H groups in total. The van der Waals surface area contributed by atoms with Crippen LogP contribution < -0.4 is 9.64 Å². The summed E-state index contributed by atoms with van der Waals surface area (Å²) in [4.78, 5) is 7.04. The molecule has 0 atom stereocenters. The van der Waals surface area contributed by atoms with Gasteiger partial charge in [-0.3, -0.25) is 4.99 Å². The largest absolute Gasteiger partial charge is 0.504 e. The zero-order valence-corrected chi connectivity index (χ0v) is 17.2. The summed E-state index contributed by atoms with van der Waals surface area (Å²) in [5.41, 5.74) is 2.62. The normalized spacial score (nSPS) is 14.9. The van der Waals surface area contributed by atoms with Crippen molar-refractivity contribution < 1.29 is 9.84 Å². The summed E-state index contributed by atoms with van der Waals surface area (Å²) in [7, 11) is 1.53. The lowest BCUT2D eigenvalue weighted by molar-refractivity contribution is 0.372. The van der Waals surface area contributed by atoms with E-state index in [0.717, 1.165) is 33.4 Å². The van der Waals surface area contributed by atoms with Crippen molar-refractivity contribution in [2.24, 2.45) is 4.99 Å². The molecule has 25 heavy (non-hydrogen) atoms. The van der Waals surface area contributed by atoms with Crippen LogP contribution in [0.1, 0.15) is 24.8 Å². The molecule has 2 aromatic carbocycles. The average molecular weight is 468 g/mol. The first kappa shape index (κ1) is 18.3. The summed E-state index contributed by atoms with van der Waals surface area (Å²) < 4.78 is 6.76. The summed E-state index contributed by atoms with van der Waals surface area (Å²) in [5.74, 6) is 0.470. The highest BCUT2D eigenvalue weighted by Gasteiger charge is 2.16. The molecule has 1 fully saturated rings. The topological polar surface area (TPSA) is 45.1 Å². The fourth-order valence-corrected chi connectivity index (χ4v) is 3.82. The number of methoxy groups -OCH3 is 1. The maximum Gasteiger partial charge on any atom is 0.167 e. The average Bonchev–Trinajstić information content (AvgIpc) is 2.65. The lowest BCUT2D eigenvalue weighted by Crippen LogP contribution is -2.29. The number of benzene rings is 2. The molecule has 1 saturated heterocycles. The number of aliphatic imine (C=N–C) groups is 1. The maximum absolute atomic E-state index is 10.4. The van der Waals surface area contributed by atoms with Gasteiger partial charge in [0, 0.05) is 28.2 Å². The molecule has 0 radical (unpaired) electrons. The Balaban J connectivity index is 1.97. The minimum Gasteiger partial charge on any atom is -0.504 e. The first-order chi connectivity index (χ1) is 12.1. The van der Waals surface area contributed by atoms with Gasteiger partial charge in [-0.2, -0.15) is 0 Å². The number of anilines is 1. The molecule has 6 heteroatoms. The van der Waals surface area contributed by atoms with Crippen LogP contribution in [0.2, 0.25) is 0 Å². The fraction of sp³-hybridized carbons (Fsp3) is 0.316. The second kappa shape index (κ2) is 8.23. The Morgan fingerprint density at radius 2 is 1.88 bits per heavy atom. The van der Waals surface area contributed by atoms with Gasteiger partial charge in [0.25, 0.3) is 0 Å². The van der Waals surface area contributed by atoms with Gasteiger partial charge in [0.05, 0.1) is 24.0 Å². The number of hydrogen-bond donors (Lipinski definition) is 1. The number of rotatable bonds is 4. The molecule has 0 spiro atoms. The predicted octanol–water partition coefficient (Wildman–Crippen LogP) is 5.67. The van der Waals surface area contributed by atoms with Crippen LogP contribution in [0.25, 0.3) is 0 Å². The van der Waals surface area contributed by atoms with Gasteiger partial charge in [0.2, 0.25) is 0 Å². The van der Waals surface area contributed by atoms with E-state index in [1.165, 1.54) is 26.4 Å². The minimum absolute atomic E-state index is 0.0665. The van der Waals surface area contributed by atoms with E-state index in [1.807, 2.05) is 18.2 Å². The molecule has 1 heterocycles. The summed E-state index contributed by atoms with van der Waals surface area (Å²) in [6, 6.07) is 9.85. The lowest BCUT2D eigenvalue weighted by Gasteiger charge is -2.29. The summed E-state index contributed by atoms with van der Waals surface area (Å²) in [6.45, 7) is 2.12. The van der Waals surface area contributed by atoms with Crippen LogP contribution in [-0.4, -0.2) is 31.5 Å². The van der Waals surface area contributed by atoms with Crippen LogP contribution in [-0.2, 0) is 0 Å². The third kappa shape index (κ3) is 4.01. The monoisotopic (exact) mass is 466 g/mol. The summed E-state index contributed by atoms with van der Waals surface area (Å²) >= 11 is 6.97. The van der Waals surface area contributed by atoms with Gasteiger partial charge in [0.1, 0.15) is 0 Å². The van der Waals surface area contributed by atoms with Crippen molar-refractivity contribution in [1.29, 1.82) is 0 Å². The van der Waals surface area contributed by atoms with Gasteiger partial charge in [0.15, 0.2) is 11.5 Å². The van der Waals surface area contributed by atoms with E-state index in [-0.39, 0.29) is 5.75 Å². The number of para-hydroxylation sites is 2. The molecule has 0 unspecified atom stereocenters. The number of phenols is 1. The van der Waals surface area contributed by atoms with Gasteiger partial charge in [-0.05, 0) is 69.3 Å². The molecule has 2 aromatic rings. The first-order valence-electron chi connectivity index (χ1n) is 8.25. The molecule has 1 aliphatic rings. The van der Waals surface area contributed by atoms with Crippen molar-refractivity contribution in [1.82, 2.24) is 0 Å². The number of nitrogens with zero attached hydrogens (tertiary/aromatic N) is 2. The number of piperidine rings is 1. The van der Waals surface area contributed by atoms with Crippen molar-refractivity contribution in [3.63, 3.8) is 0 Å². The molecule has 0 amide bonds. The van der Waals surface area contributed by atoms with E-state index >= 15 is 0 Å². The lowest BCUT2D eigenvalue weighted by atomic mass is 10.1. The summed E-state index contributed by atoms with van der Waals surface area (Å²) in [5, 5.41) is 10.4. The van der Waals surface area contributed by atoms with Crippen LogP contribution in [0.15, 0.2) is 44.3 Å². The Kier molecular flexibility index (Phi) is 6.02. The molecule has 0 aromatic heterocycles. The number of ether oxygens (including phenoxy) is 1. The van der Waals surface area contributed by atoms with Crippen LogP contribution in [0, 0.1) is 0 Å². The molecule has 4 nitrogen and oxygen atoms in total. The van der Waals surface area contributed by atoms with Gasteiger partial charge in [-0.1, -0.05) is 12.1 Å². The molecule has 0 aliphatic carbocycles. The van der Waals surface area contributed by atoms with Crippen molar-refractivity contribution in [2.45, 2.75) is 19.3 Å². The van der Waals surface area contributed by atoms with Gasteiger partial charge in [-0.15, -0.1) is 0 Å². The van der Waals surface area contributed by atoms with E-state index in [2.05, 4.69) is 47.8 Å². The third-order valence-electron chi connectivity index (χ3n) is 4.32. The molecule has 1 aliphatic heterocycles. The predicted molar refractivity (Wildman–Crippen MR) is 110 cm³/mol. The van der Waals surface area contributed by atoms with Crippen molar-refractivity contribution >= 4 is 49.4 Å². The van der Waals surface area contributed by atoms with Crippen LogP contribution in [0.4, 0.5) is 11.4 Å². The Labute approximate surface area is 164 Å². The van der Waals surface area contributed by atoms with Gasteiger partial charge < -0.3 is 14.7 Å². The molecule has 3 rings (SSSR count). The number of hydrogen-bond acceptors (Lipinski definition) is 4. The molecular formula is C19H20Br2N2O2. The van der Waals surface area contributed by atoms with Crippen LogP contribution >= 0.6 is 31.9 Å². The molecule has 132 valence electrons. The number of halogens is 2. The molecule has 0 bridgehead atoms. The van der Waals surface area contributed by atoms with Crippen molar-refractivity contribution in [3.8, 4) is 11.5 Å². The smallest absolute Gasteiger partial charge is 0.167 e. The van der Waals surface area contributed by atoms with Gasteiger partial charge >= 0.3 is 0 Å². The SMILES string of the molecule is COc1cc(Br)c(Br)c(C=Nc2ccccc2N2CCCCC2)c1O. The van der Waals surface area contributed by atoms with Crippen LogP contribution in [0.5, 0.6) is 11.5 Å². The highest BCUT2D eigenvalue weighted by atomic mass is 79.9. The Morgan fingerprint density at radius 1 is 1.16 bits per heavy atom. The number of aromatic hydroxyl groups is 1. The van der Waals surface area contributed by atoms with E-state index in [0.29, 0.717) is 11.3 Å². The Bertz CT molecular complexity index is 787. The van der Waals surface area contributed by atoms with Gasteiger partial charge in [-0.25, -0.2) is 0 Å². The fourth-order valence-electron chi connectivity index (χ4n) is 3.00. The second-order valence-electron chi connectivity index (χ2n) is 5.93. The van der Waals surface area contributed by atoms with Crippen molar-refractivity contribution in [2.75, 3.05) is 25.1 Å². The van der Waals surface area contributed by atoms with Crippen molar-refractivity contribution in [3.05, 3.63) is 44.8 Å². The number of phenolic OH excluding ortho intramolecular Hbond substituents is 1. The quantitative estimate of drug-likeness (QED) is 0.589. The molecule has 0 saturated carbocycles. The van der Waals surface area contributed by atoms with E-state index in [1.54, 1.807) is 12.3 Å². The Morgan fingerprint density at radius 3 is 2.60 bits per heavy atom.